The Morgan fingerprint density at radius 3 is 2.21 bits per heavy atom. The van der Waals surface area contributed by atoms with Crippen molar-refractivity contribution in [2.45, 2.75) is 33.4 Å². The Balaban J connectivity index is 2.36. The summed E-state index contributed by atoms with van der Waals surface area (Å²) in [5.41, 5.74) is 0.755. The molecule has 0 aromatic heterocycles. The minimum absolute atomic E-state index is 0.00971. The van der Waals surface area contributed by atoms with E-state index < -0.39 is 34.3 Å². The van der Waals surface area contributed by atoms with E-state index in [4.69, 9.17) is 11.6 Å². The molecular formula is C23H29ClFN3O4S. The lowest BCUT2D eigenvalue weighted by Gasteiger charge is -2.31. The molecule has 2 rings (SSSR count). The Labute approximate surface area is 199 Å². The Kier molecular flexibility index (Phi) is 9.25. The number of hydrogen-bond donors (Lipinski definition) is 1. The predicted octanol–water partition coefficient (Wildman–Crippen LogP) is 3.43. The number of hydrogen-bond acceptors (Lipinski definition) is 4. The van der Waals surface area contributed by atoms with Crippen LogP contribution in [0.2, 0.25) is 5.02 Å². The zero-order valence-electron chi connectivity index (χ0n) is 19.1. The van der Waals surface area contributed by atoms with Crippen LogP contribution >= 0.6 is 11.6 Å². The molecule has 1 atom stereocenters. The van der Waals surface area contributed by atoms with Gasteiger partial charge in [0.2, 0.25) is 21.8 Å². The van der Waals surface area contributed by atoms with E-state index in [9.17, 15) is 22.4 Å². The van der Waals surface area contributed by atoms with Crippen LogP contribution < -0.4 is 9.62 Å². The fourth-order valence-electron chi connectivity index (χ4n) is 3.07. The molecule has 180 valence electrons. The number of benzene rings is 2. The van der Waals surface area contributed by atoms with Crippen molar-refractivity contribution >= 4 is 39.1 Å². The lowest BCUT2D eigenvalue weighted by molar-refractivity contribution is -0.139. The summed E-state index contributed by atoms with van der Waals surface area (Å²) >= 11 is 6.27. The summed E-state index contributed by atoms with van der Waals surface area (Å²) < 4.78 is 39.1. The molecule has 0 unspecified atom stereocenters. The van der Waals surface area contributed by atoms with Gasteiger partial charge in [0.25, 0.3) is 0 Å². The third kappa shape index (κ3) is 7.71. The standard InChI is InChI=1S/C23H29ClFN3O4S/c1-16(2)13-26-23(30)17(3)27(14-18-7-5-6-8-21(18)24)22(29)15-28(33(4,31)32)20-11-9-19(25)10-12-20/h5-12,16-17H,13-15H2,1-4H3,(H,26,30)/t17-/m1/s1. The zero-order valence-corrected chi connectivity index (χ0v) is 20.7. The van der Waals surface area contributed by atoms with Gasteiger partial charge in [0.1, 0.15) is 18.4 Å². The maximum absolute atomic E-state index is 13.4. The summed E-state index contributed by atoms with van der Waals surface area (Å²) in [6.07, 6.45) is 0.959. The molecule has 0 bridgehead atoms. The first-order valence-corrected chi connectivity index (χ1v) is 12.7. The van der Waals surface area contributed by atoms with Gasteiger partial charge in [-0.2, -0.15) is 0 Å². The topological polar surface area (TPSA) is 86.8 Å². The molecule has 0 saturated heterocycles. The van der Waals surface area contributed by atoms with Gasteiger partial charge >= 0.3 is 0 Å². The molecular weight excluding hydrogens is 469 g/mol. The van der Waals surface area contributed by atoms with Crippen LogP contribution in [0.3, 0.4) is 0 Å². The number of amides is 2. The van der Waals surface area contributed by atoms with E-state index in [-0.39, 0.29) is 24.1 Å². The van der Waals surface area contributed by atoms with Gasteiger partial charge in [-0.05, 0) is 48.7 Å². The Bertz CT molecular complexity index is 1080. The number of rotatable bonds is 10. The van der Waals surface area contributed by atoms with Crippen LogP contribution in [0.1, 0.15) is 26.3 Å². The fraction of sp³-hybridized carbons (Fsp3) is 0.391. The molecule has 33 heavy (non-hydrogen) atoms. The first-order valence-electron chi connectivity index (χ1n) is 10.4. The summed E-state index contributed by atoms with van der Waals surface area (Å²) in [6.45, 7) is 5.36. The summed E-state index contributed by atoms with van der Waals surface area (Å²) in [5.74, 6) is -1.28. The lowest BCUT2D eigenvalue weighted by atomic mass is 10.1. The number of nitrogens with one attached hydrogen (secondary N) is 1. The van der Waals surface area contributed by atoms with E-state index in [2.05, 4.69) is 5.32 Å². The van der Waals surface area contributed by atoms with Crippen LogP contribution in [0.4, 0.5) is 10.1 Å². The second-order valence-electron chi connectivity index (χ2n) is 8.17. The molecule has 2 aromatic rings. The number of halogens is 2. The Hall–Kier alpha value is -2.65. The maximum atomic E-state index is 13.4. The molecule has 0 aliphatic carbocycles. The Morgan fingerprint density at radius 2 is 1.67 bits per heavy atom. The van der Waals surface area contributed by atoms with Gasteiger partial charge in [0.15, 0.2) is 0 Å². The molecule has 0 spiro atoms. The molecule has 10 heteroatoms. The van der Waals surface area contributed by atoms with Gasteiger partial charge in [-0.25, -0.2) is 12.8 Å². The van der Waals surface area contributed by atoms with Crippen molar-refractivity contribution < 1.29 is 22.4 Å². The van der Waals surface area contributed by atoms with E-state index in [1.165, 1.54) is 17.0 Å². The summed E-state index contributed by atoms with van der Waals surface area (Å²) in [7, 11) is -3.87. The molecule has 2 amide bonds. The van der Waals surface area contributed by atoms with Gasteiger partial charge < -0.3 is 10.2 Å². The third-order valence-corrected chi connectivity index (χ3v) is 6.45. The summed E-state index contributed by atoms with van der Waals surface area (Å²) in [4.78, 5) is 27.4. The average Bonchev–Trinajstić information content (AvgIpc) is 2.74. The summed E-state index contributed by atoms with van der Waals surface area (Å²) in [5, 5.41) is 3.22. The molecule has 1 N–H and O–H groups in total. The van der Waals surface area contributed by atoms with Gasteiger partial charge in [-0.15, -0.1) is 0 Å². The SMILES string of the molecule is CC(C)CNC(=O)[C@@H](C)N(Cc1ccccc1Cl)C(=O)CN(c1ccc(F)cc1)S(C)(=O)=O. The van der Waals surface area contributed by atoms with Crippen molar-refractivity contribution in [2.24, 2.45) is 5.92 Å². The molecule has 0 radical (unpaired) electrons. The quantitative estimate of drug-likeness (QED) is 0.544. The van der Waals surface area contributed by atoms with Crippen molar-refractivity contribution in [3.05, 3.63) is 64.9 Å². The Morgan fingerprint density at radius 1 is 1.06 bits per heavy atom. The average molecular weight is 498 g/mol. The van der Waals surface area contributed by atoms with Crippen LogP contribution in [0.15, 0.2) is 48.5 Å². The van der Waals surface area contributed by atoms with Crippen molar-refractivity contribution in [1.82, 2.24) is 10.2 Å². The first kappa shape index (κ1) is 26.6. The molecule has 0 saturated carbocycles. The van der Waals surface area contributed by atoms with E-state index in [1.807, 2.05) is 13.8 Å². The lowest BCUT2D eigenvalue weighted by Crippen LogP contribution is -2.51. The van der Waals surface area contributed by atoms with Crippen molar-refractivity contribution in [2.75, 3.05) is 23.7 Å². The number of sulfonamides is 1. The predicted molar refractivity (Wildman–Crippen MR) is 128 cm³/mol. The molecule has 0 fully saturated rings. The van der Waals surface area contributed by atoms with Crippen LogP contribution in [0, 0.1) is 11.7 Å². The van der Waals surface area contributed by atoms with Crippen molar-refractivity contribution in [1.29, 1.82) is 0 Å². The minimum atomic E-state index is -3.87. The van der Waals surface area contributed by atoms with Crippen LogP contribution in [0.25, 0.3) is 0 Å². The highest BCUT2D eigenvalue weighted by molar-refractivity contribution is 7.92. The smallest absolute Gasteiger partial charge is 0.244 e. The highest BCUT2D eigenvalue weighted by Gasteiger charge is 2.30. The van der Waals surface area contributed by atoms with E-state index in [0.717, 1.165) is 22.7 Å². The minimum Gasteiger partial charge on any atom is -0.354 e. The number of carbonyl (C=O) groups excluding carboxylic acids is 2. The highest BCUT2D eigenvalue weighted by Crippen LogP contribution is 2.21. The van der Waals surface area contributed by atoms with Crippen LogP contribution in [0.5, 0.6) is 0 Å². The molecule has 7 nitrogen and oxygen atoms in total. The highest BCUT2D eigenvalue weighted by atomic mass is 35.5. The monoisotopic (exact) mass is 497 g/mol. The first-order chi connectivity index (χ1) is 15.4. The number of anilines is 1. The molecule has 0 aliphatic rings. The van der Waals surface area contributed by atoms with Gasteiger partial charge in [0, 0.05) is 18.1 Å². The maximum Gasteiger partial charge on any atom is 0.244 e. The molecule has 0 heterocycles. The van der Waals surface area contributed by atoms with E-state index in [1.54, 1.807) is 31.2 Å². The van der Waals surface area contributed by atoms with Gasteiger partial charge in [-0.1, -0.05) is 43.6 Å². The van der Waals surface area contributed by atoms with E-state index >= 15 is 0 Å². The second kappa shape index (κ2) is 11.5. The third-order valence-electron chi connectivity index (χ3n) is 4.94. The van der Waals surface area contributed by atoms with Crippen molar-refractivity contribution in [3.8, 4) is 0 Å². The summed E-state index contributed by atoms with van der Waals surface area (Å²) in [6, 6.07) is 10.8. The van der Waals surface area contributed by atoms with Crippen LogP contribution in [-0.2, 0) is 26.2 Å². The number of nitrogens with zero attached hydrogens (tertiary/aromatic N) is 2. The molecule has 0 aliphatic heterocycles. The normalized spacial score (nSPS) is 12.3. The van der Waals surface area contributed by atoms with Crippen molar-refractivity contribution in [3.63, 3.8) is 0 Å². The van der Waals surface area contributed by atoms with Gasteiger partial charge in [-0.3, -0.25) is 13.9 Å². The fourth-order valence-corrected chi connectivity index (χ4v) is 4.11. The largest absolute Gasteiger partial charge is 0.354 e. The zero-order chi connectivity index (χ0) is 24.8. The van der Waals surface area contributed by atoms with Gasteiger partial charge in [0.05, 0.1) is 11.9 Å². The molecule has 2 aromatic carbocycles. The van der Waals surface area contributed by atoms with Crippen LogP contribution in [-0.4, -0.2) is 50.5 Å². The number of carbonyl (C=O) groups is 2. The van der Waals surface area contributed by atoms with E-state index in [0.29, 0.717) is 17.1 Å². The second-order valence-corrected chi connectivity index (χ2v) is 10.5.